The molecule has 1 saturated heterocycles. The molecule has 2 amide bonds. The molecule has 130 valence electrons. The Balaban J connectivity index is 0.00000264. The van der Waals surface area contributed by atoms with Gasteiger partial charge in [0.2, 0.25) is 17.8 Å². The summed E-state index contributed by atoms with van der Waals surface area (Å²) in [4.78, 5) is 27.9. The highest BCUT2D eigenvalue weighted by Gasteiger charge is 2.21. The van der Waals surface area contributed by atoms with Gasteiger partial charge in [-0.15, -0.1) is 12.4 Å². The fourth-order valence-corrected chi connectivity index (χ4v) is 2.49. The minimum Gasteiger partial charge on any atom is -0.354 e. The lowest BCUT2D eigenvalue weighted by atomic mass is 10.2. The summed E-state index contributed by atoms with van der Waals surface area (Å²) in [7, 11) is 0. The van der Waals surface area contributed by atoms with Crippen molar-refractivity contribution in [2.75, 3.05) is 18.4 Å². The summed E-state index contributed by atoms with van der Waals surface area (Å²) < 4.78 is 1.92. The Morgan fingerprint density at radius 1 is 1.48 bits per heavy atom. The fraction of sp³-hybridized carbons (Fsp3) is 0.667. The van der Waals surface area contributed by atoms with Crippen LogP contribution < -0.4 is 16.0 Å². The molecule has 1 fully saturated rings. The summed E-state index contributed by atoms with van der Waals surface area (Å²) in [5.74, 6) is 0.869. The molecule has 2 rings (SSSR count). The van der Waals surface area contributed by atoms with Crippen LogP contribution in [0.4, 0.5) is 5.95 Å². The highest BCUT2D eigenvalue weighted by atomic mass is 35.5. The molecule has 0 aliphatic carbocycles. The molecular formula is C15H26ClN5O2. The van der Waals surface area contributed by atoms with Gasteiger partial charge in [0.1, 0.15) is 0 Å². The van der Waals surface area contributed by atoms with Crippen molar-refractivity contribution in [3.63, 3.8) is 0 Å². The Kier molecular flexibility index (Phi) is 8.05. The van der Waals surface area contributed by atoms with Crippen LogP contribution >= 0.6 is 12.4 Å². The molecule has 23 heavy (non-hydrogen) atoms. The van der Waals surface area contributed by atoms with E-state index in [1.165, 1.54) is 0 Å². The van der Waals surface area contributed by atoms with Crippen LogP contribution in [0.2, 0.25) is 0 Å². The highest BCUT2D eigenvalue weighted by Crippen LogP contribution is 2.08. The molecule has 1 aliphatic heterocycles. The van der Waals surface area contributed by atoms with Crippen LogP contribution in [0.15, 0.2) is 12.4 Å². The summed E-state index contributed by atoms with van der Waals surface area (Å²) in [5.41, 5.74) is 0. The third-order valence-electron chi connectivity index (χ3n) is 3.56. The SMILES string of the molecule is CC(C)Cn1ccnc1NC(=O)CCNC(=O)C1CCCN1.Cl. The first kappa shape index (κ1) is 19.4. The number of nitrogens with zero attached hydrogens (tertiary/aromatic N) is 2. The first-order valence-corrected chi connectivity index (χ1v) is 7.88. The number of aromatic nitrogens is 2. The molecule has 1 aliphatic rings. The van der Waals surface area contributed by atoms with E-state index in [9.17, 15) is 9.59 Å². The van der Waals surface area contributed by atoms with Gasteiger partial charge < -0.3 is 15.2 Å². The van der Waals surface area contributed by atoms with Gasteiger partial charge in [0.15, 0.2) is 0 Å². The lowest BCUT2D eigenvalue weighted by Crippen LogP contribution is -2.41. The van der Waals surface area contributed by atoms with Crippen LogP contribution in [0.1, 0.15) is 33.1 Å². The van der Waals surface area contributed by atoms with Crippen molar-refractivity contribution in [3.8, 4) is 0 Å². The van der Waals surface area contributed by atoms with E-state index >= 15 is 0 Å². The molecule has 0 bridgehead atoms. The van der Waals surface area contributed by atoms with E-state index in [-0.39, 0.29) is 36.7 Å². The molecule has 2 heterocycles. The first-order chi connectivity index (χ1) is 10.6. The van der Waals surface area contributed by atoms with E-state index in [4.69, 9.17) is 0 Å². The minimum absolute atomic E-state index is 0. The van der Waals surface area contributed by atoms with Gasteiger partial charge in [0.05, 0.1) is 6.04 Å². The zero-order chi connectivity index (χ0) is 15.9. The number of nitrogens with one attached hydrogen (secondary N) is 3. The minimum atomic E-state index is -0.143. The molecular weight excluding hydrogens is 318 g/mol. The van der Waals surface area contributed by atoms with Crippen molar-refractivity contribution in [2.45, 2.75) is 45.7 Å². The molecule has 0 saturated carbocycles. The summed E-state index contributed by atoms with van der Waals surface area (Å²) in [6.07, 6.45) is 5.66. The van der Waals surface area contributed by atoms with Crippen molar-refractivity contribution < 1.29 is 9.59 Å². The summed E-state index contributed by atoms with van der Waals surface area (Å²) >= 11 is 0. The van der Waals surface area contributed by atoms with Crippen molar-refractivity contribution in [1.82, 2.24) is 20.2 Å². The largest absolute Gasteiger partial charge is 0.354 e. The molecule has 0 spiro atoms. The molecule has 0 aromatic carbocycles. The second-order valence-electron chi connectivity index (χ2n) is 6.04. The normalized spacial score (nSPS) is 16.9. The van der Waals surface area contributed by atoms with E-state index < -0.39 is 0 Å². The van der Waals surface area contributed by atoms with Crippen LogP contribution in [0.3, 0.4) is 0 Å². The first-order valence-electron chi connectivity index (χ1n) is 7.88. The average Bonchev–Trinajstić information content (AvgIpc) is 3.10. The van der Waals surface area contributed by atoms with Crippen LogP contribution in [0.5, 0.6) is 0 Å². The lowest BCUT2D eigenvalue weighted by molar-refractivity contribution is -0.122. The quantitative estimate of drug-likeness (QED) is 0.693. The van der Waals surface area contributed by atoms with Crippen molar-refractivity contribution in [1.29, 1.82) is 0 Å². The highest BCUT2D eigenvalue weighted by molar-refractivity contribution is 5.89. The van der Waals surface area contributed by atoms with Crippen molar-refractivity contribution >= 4 is 30.2 Å². The van der Waals surface area contributed by atoms with Gasteiger partial charge in [0.25, 0.3) is 0 Å². The number of amides is 2. The number of carbonyl (C=O) groups is 2. The van der Waals surface area contributed by atoms with E-state index in [2.05, 4.69) is 34.8 Å². The number of halogens is 1. The Hall–Kier alpha value is -1.60. The smallest absolute Gasteiger partial charge is 0.237 e. The number of anilines is 1. The maximum atomic E-state index is 11.9. The predicted molar refractivity (Wildman–Crippen MR) is 91.6 cm³/mol. The maximum absolute atomic E-state index is 11.9. The Labute approximate surface area is 143 Å². The van der Waals surface area contributed by atoms with Crippen LogP contribution in [0.25, 0.3) is 0 Å². The number of imidazole rings is 1. The van der Waals surface area contributed by atoms with Gasteiger partial charge in [-0.1, -0.05) is 13.8 Å². The number of carbonyl (C=O) groups excluding carboxylic acids is 2. The topological polar surface area (TPSA) is 88.1 Å². The number of hydrogen-bond donors (Lipinski definition) is 3. The van der Waals surface area contributed by atoms with Crippen molar-refractivity contribution in [2.24, 2.45) is 5.92 Å². The van der Waals surface area contributed by atoms with Gasteiger partial charge in [-0.05, 0) is 25.3 Å². The zero-order valence-electron chi connectivity index (χ0n) is 13.7. The van der Waals surface area contributed by atoms with E-state index in [0.717, 1.165) is 25.9 Å². The number of rotatable bonds is 7. The second-order valence-corrected chi connectivity index (χ2v) is 6.04. The van der Waals surface area contributed by atoms with Gasteiger partial charge >= 0.3 is 0 Å². The maximum Gasteiger partial charge on any atom is 0.237 e. The van der Waals surface area contributed by atoms with Gasteiger partial charge in [-0.2, -0.15) is 0 Å². The predicted octanol–water partition coefficient (Wildman–Crippen LogP) is 1.16. The van der Waals surface area contributed by atoms with E-state index in [0.29, 0.717) is 18.4 Å². The summed E-state index contributed by atoms with van der Waals surface area (Å²) in [6.45, 7) is 6.25. The third kappa shape index (κ3) is 6.19. The molecule has 1 unspecified atom stereocenters. The molecule has 8 heteroatoms. The molecule has 1 aromatic heterocycles. The zero-order valence-corrected chi connectivity index (χ0v) is 14.5. The summed E-state index contributed by atoms with van der Waals surface area (Å²) in [6, 6.07) is -0.104. The van der Waals surface area contributed by atoms with E-state index in [1.807, 2.05) is 10.8 Å². The summed E-state index contributed by atoms with van der Waals surface area (Å²) in [5, 5.41) is 8.71. The Bertz CT molecular complexity index is 512. The van der Waals surface area contributed by atoms with Crippen LogP contribution in [0, 0.1) is 5.92 Å². The molecule has 0 radical (unpaired) electrons. The van der Waals surface area contributed by atoms with Crippen molar-refractivity contribution in [3.05, 3.63) is 12.4 Å². The second kappa shape index (κ2) is 9.52. The molecule has 3 N–H and O–H groups in total. The monoisotopic (exact) mass is 343 g/mol. The molecule has 7 nitrogen and oxygen atoms in total. The Morgan fingerprint density at radius 3 is 2.91 bits per heavy atom. The fourth-order valence-electron chi connectivity index (χ4n) is 2.49. The lowest BCUT2D eigenvalue weighted by Gasteiger charge is -2.12. The van der Waals surface area contributed by atoms with E-state index in [1.54, 1.807) is 6.20 Å². The van der Waals surface area contributed by atoms with Gasteiger partial charge in [0, 0.05) is 31.9 Å². The molecule has 1 atom stereocenters. The Morgan fingerprint density at radius 2 is 2.26 bits per heavy atom. The van der Waals surface area contributed by atoms with Gasteiger partial charge in [-0.25, -0.2) is 4.98 Å². The van der Waals surface area contributed by atoms with Crippen LogP contribution in [-0.4, -0.2) is 40.5 Å². The van der Waals surface area contributed by atoms with Crippen LogP contribution in [-0.2, 0) is 16.1 Å². The standard InChI is InChI=1S/C15H25N5O2.ClH/c1-11(2)10-20-9-8-18-15(20)19-13(21)5-7-17-14(22)12-4-3-6-16-12;/h8-9,11-12,16H,3-7,10H2,1-2H3,(H,17,22)(H,18,19,21);1H. The number of hydrogen-bond acceptors (Lipinski definition) is 4. The average molecular weight is 344 g/mol. The molecule has 1 aromatic rings. The van der Waals surface area contributed by atoms with Gasteiger partial charge in [-0.3, -0.25) is 14.9 Å². The third-order valence-corrected chi connectivity index (χ3v) is 3.56.